The number of nitrogens with one attached hydrogen (secondary N) is 1. The zero-order chi connectivity index (χ0) is 11.0. The van der Waals surface area contributed by atoms with Crippen molar-refractivity contribution in [2.75, 3.05) is 0 Å². The van der Waals surface area contributed by atoms with E-state index in [9.17, 15) is 9.59 Å². The molecule has 0 spiro atoms. The zero-order valence-corrected chi connectivity index (χ0v) is 8.07. The topological polar surface area (TPSA) is 66.4 Å². The van der Waals surface area contributed by atoms with Gasteiger partial charge in [0.05, 0.1) is 0 Å². The lowest BCUT2D eigenvalue weighted by Crippen LogP contribution is -2.27. The molecule has 4 nitrogen and oxygen atoms in total. The monoisotopic (exact) mass is 203 g/mol. The Hall–Kier alpha value is -1.94. The van der Waals surface area contributed by atoms with E-state index >= 15 is 0 Å². The Morgan fingerprint density at radius 2 is 1.60 bits per heavy atom. The van der Waals surface area contributed by atoms with Crippen LogP contribution in [-0.2, 0) is 0 Å². The third kappa shape index (κ3) is 1.27. The number of ketones is 2. The number of Topliss-reactive ketones (excluding diaryl/α,β-unsaturated/α-hetero) is 2. The van der Waals surface area contributed by atoms with Crippen molar-refractivity contribution in [3.05, 3.63) is 46.7 Å². The summed E-state index contributed by atoms with van der Waals surface area (Å²) in [6.07, 6.45) is 0. The van der Waals surface area contributed by atoms with Gasteiger partial charge < -0.3 is 0 Å². The molecule has 0 fully saturated rings. The van der Waals surface area contributed by atoms with Crippen LogP contribution in [0.5, 0.6) is 0 Å². The van der Waals surface area contributed by atoms with Crippen molar-refractivity contribution in [2.45, 2.75) is 6.92 Å². The SMILES string of the molecule is CC1=C(NO)C(=O)c2ccccc2C1=O. The summed E-state index contributed by atoms with van der Waals surface area (Å²) in [5, 5.41) is 8.79. The van der Waals surface area contributed by atoms with Crippen molar-refractivity contribution < 1.29 is 14.8 Å². The quantitative estimate of drug-likeness (QED) is 0.675. The summed E-state index contributed by atoms with van der Waals surface area (Å²) >= 11 is 0. The first-order chi connectivity index (χ1) is 7.16. The molecule has 0 aliphatic heterocycles. The molecule has 2 N–H and O–H groups in total. The molecule has 1 aromatic carbocycles. The highest BCUT2D eigenvalue weighted by Gasteiger charge is 2.29. The Bertz CT molecular complexity index is 488. The third-order valence-electron chi connectivity index (χ3n) is 2.47. The lowest BCUT2D eigenvalue weighted by atomic mass is 9.88. The number of allylic oxidation sites excluding steroid dienone is 2. The van der Waals surface area contributed by atoms with Crippen LogP contribution in [0.4, 0.5) is 0 Å². The average Bonchev–Trinajstić information content (AvgIpc) is 2.27. The molecule has 1 aromatic rings. The highest BCUT2D eigenvalue weighted by atomic mass is 16.5. The molecule has 1 aliphatic carbocycles. The van der Waals surface area contributed by atoms with Crippen LogP contribution in [0.3, 0.4) is 0 Å². The summed E-state index contributed by atoms with van der Waals surface area (Å²) in [6.45, 7) is 1.51. The second kappa shape index (κ2) is 3.33. The minimum absolute atomic E-state index is 0.0429. The Kier molecular flexibility index (Phi) is 2.13. The molecule has 0 unspecified atom stereocenters. The van der Waals surface area contributed by atoms with Crippen LogP contribution in [0.25, 0.3) is 0 Å². The molecule has 0 bridgehead atoms. The van der Waals surface area contributed by atoms with Crippen LogP contribution < -0.4 is 5.48 Å². The summed E-state index contributed by atoms with van der Waals surface area (Å²) in [4.78, 5) is 23.5. The van der Waals surface area contributed by atoms with Crippen molar-refractivity contribution in [3.63, 3.8) is 0 Å². The lowest BCUT2D eigenvalue weighted by Gasteiger charge is -2.17. The first-order valence-corrected chi connectivity index (χ1v) is 4.46. The summed E-state index contributed by atoms with van der Waals surface area (Å²) in [5.74, 6) is -0.591. The number of hydrogen-bond acceptors (Lipinski definition) is 4. The van der Waals surface area contributed by atoms with Crippen LogP contribution in [0.15, 0.2) is 35.5 Å². The number of hydroxylamine groups is 1. The van der Waals surface area contributed by atoms with Crippen LogP contribution in [0.1, 0.15) is 27.6 Å². The molecule has 0 saturated carbocycles. The van der Waals surface area contributed by atoms with Gasteiger partial charge in [0.25, 0.3) is 0 Å². The van der Waals surface area contributed by atoms with Crippen molar-refractivity contribution in [3.8, 4) is 0 Å². The number of hydrogen-bond donors (Lipinski definition) is 2. The standard InChI is InChI=1S/C11H9NO3/c1-6-9(12-15)11(14)8-5-3-2-4-7(8)10(6)13/h2-5,12,15H,1H3. The third-order valence-corrected chi connectivity index (χ3v) is 2.47. The van der Waals surface area contributed by atoms with Gasteiger partial charge in [0.2, 0.25) is 5.78 Å². The number of carbonyl (C=O) groups is 2. The maximum absolute atomic E-state index is 11.8. The predicted octanol–water partition coefficient (Wildman–Crippen LogP) is 1.32. The number of carbonyl (C=O) groups excluding carboxylic acids is 2. The van der Waals surface area contributed by atoms with Crippen molar-refractivity contribution in [1.29, 1.82) is 0 Å². The molecular weight excluding hydrogens is 194 g/mol. The lowest BCUT2D eigenvalue weighted by molar-refractivity contribution is 0.0927. The van der Waals surface area contributed by atoms with Gasteiger partial charge in [-0.05, 0) is 6.92 Å². The fourth-order valence-corrected chi connectivity index (χ4v) is 1.63. The maximum atomic E-state index is 11.8. The van der Waals surface area contributed by atoms with Crippen molar-refractivity contribution in [2.24, 2.45) is 0 Å². The molecule has 0 heterocycles. The highest BCUT2D eigenvalue weighted by molar-refractivity contribution is 6.26. The van der Waals surface area contributed by atoms with E-state index in [-0.39, 0.29) is 22.8 Å². The fraction of sp³-hybridized carbons (Fsp3) is 0.0909. The van der Waals surface area contributed by atoms with E-state index in [2.05, 4.69) is 0 Å². The van der Waals surface area contributed by atoms with Crippen molar-refractivity contribution in [1.82, 2.24) is 5.48 Å². The fourth-order valence-electron chi connectivity index (χ4n) is 1.63. The minimum Gasteiger partial charge on any atom is -0.291 e. The van der Waals surface area contributed by atoms with E-state index in [4.69, 9.17) is 5.21 Å². The van der Waals surface area contributed by atoms with Crippen LogP contribution >= 0.6 is 0 Å². The van der Waals surface area contributed by atoms with Gasteiger partial charge in [0.15, 0.2) is 5.78 Å². The minimum atomic E-state index is -0.356. The molecule has 0 atom stereocenters. The molecule has 0 saturated heterocycles. The normalized spacial score (nSPS) is 15.3. The van der Waals surface area contributed by atoms with E-state index in [0.717, 1.165) is 0 Å². The second-order valence-electron chi connectivity index (χ2n) is 3.32. The largest absolute Gasteiger partial charge is 0.291 e. The average molecular weight is 203 g/mol. The van der Waals surface area contributed by atoms with Crippen LogP contribution in [0, 0.1) is 0 Å². The Morgan fingerprint density at radius 1 is 1.07 bits per heavy atom. The highest BCUT2D eigenvalue weighted by Crippen LogP contribution is 2.24. The van der Waals surface area contributed by atoms with Crippen LogP contribution in [-0.4, -0.2) is 16.8 Å². The van der Waals surface area contributed by atoms with Crippen molar-refractivity contribution >= 4 is 11.6 Å². The smallest absolute Gasteiger partial charge is 0.212 e. The first kappa shape index (κ1) is 9.61. The molecule has 0 aromatic heterocycles. The zero-order valence-electron chi connectivity index (χ0n) is 8.07. The van der Waals surface area contributed by atoms with Gasteiger partial charge in [-0.2, -0.15) is 0 Å². The van der Waals surface area contributed by atoms with Gasteiger partial charge in [-0.1, -0.05) is 24.3 Å². The van der Waals surface area contributed by atoms with E-state index in [1.54, 1.807) is 29.7 Å². The van der Waals surface area contributed by atoms with Gasteiger partial charge in [-0.25, -0.2) is 0 Å². The molecule has 0 radical (unpaired) electrons. The van der Waals surface area contributed by atoms with Crippen LogP contribution in [0.2, 0.25) is 0 Å². The van der Waals surface area contributed by atoms with E-state index < -0.39 is 0 Å². The summed E-state index contributed by atoms with van der Waals surface area (Å²) < 4.78 is 0. The predicted molar refractivity (Wildman–Crippen MR) is 52.7 cm³/mol. The maximum Gasteiger partial charge on any atom is 0.212 e. The Balaban J connectivity index is 2.68. The number of fused-ring (bicyclic) bond motifs is 1. The summed E-state index contributed by atoms with van der Waals surface area (Å²) in [7, 11) is 0. The summed E-state index contributed by atoms with van der Waals surface area (Å²) in [5.41, 5.74) is 2.69. The first-order valence-electron chi connectivity index (χ1n) is 4.46. The Labute approximate surface area is 86.2 Å². The molecule has 2 rings (SSSR count). The molecule has 0 amide bonds. The van der Waals surface area contributed by atoms with Gasteiger partial charge in [-0.15, -0.1) is 0 Å². The van der Waals surface area contributed by atoms with Gasteiger partial charge in [0, 0.05) is 16.7 Å². The summed E-state index contributed by atoms with van der Waals surface area (Å²) in [6, 6.07) is 6.56. The van der Waals surface area contributed by atoms with E-state index in [1.165, 1.54) is 6.92 Å². The van der Waals surface area contributed by atoms with E-state index in [0.29, 0.717) is 11.1 Å². The molecule has 76 valence electrons. The second-order valence-corrected chi connectivity index (χ2v) is 3.32. The molecule has 15 heavy (non-hydrogen) atoms. The van der Waals surface area contributed by atoms with Gasteiger partial charge in [0.1, 0.15) is 5.70 Å². The number of benzene rings is 1. The van der Waals surface area contributed by atoms with Gasteiger partial charge in [-0.3, -0.25) is 20.3 Å². The van der Waals surface area contributed by atoms with Gasteiger partial charge >= 0.3 is 0 Å². The molecule has 1 aliphatic rings. The molecule has 4 heteroatoms. The molecular formula is C11H9NO3. The Morgan fingerprint density at radius 3 is 2.13 bits per heavy atom. The van der Waals surface area contributed by atoms with E-state index in [1.807, 2.05) is 0 Å². The number of rotatable bonds is 1.